The molecule has 0 atom stereocenters. The van der Waals surface area contributed by atoms with Crippen molar-refractivity contribution in [3.8, 4) is 0 Å². The molecule has 0 amide bonds. The Morgan fingerprint density at radius 3 is 2.29 bits per heavy atom. The van der Waals surface area contributed by atoms with Crippen molar-refractivity contribution in [3.05, 3.63) is 42.5 Å². The van der Waals surface area contributed by atoms with Gasteiger partial charge in [0.1, 0.15) is 0 Å². The zero-order chi connectivity index (χ0) is 10.2. The molecule has 0 saturated carbocycles. The average molecular weight is 221 g/mol. The van der Waals surface area contributed by atoms with Crippen LogP contribution in [0.15, 0.2) is 42.5 Å². The zero-order valence-electron chi connectivity index (χ0n) is 8.42. The Morgan fingerprint density at radius 2 is 1.57 bits per heavy atom. The molecule has 2 heteroatoms. The van der Waals surface area contributed by atoms with Crippen LogP contribution in [0, 0.1) is 0 Å². The minimum Gasteiger partial charge on any atom is -0.161 e. The van der Waals surface area contributed by atoms with Gasteiger partial charge in [0.05, 0.1) is 0 Å². The van der Waals surface area contributed by atoms with Gasteiger partial charge in [0.25, 0.3) is 0 Å². The number of hydrogen-bond donors (Lipinski definition) is 0. The minimum absolute atomic E-state index is 1.28. The molecule has 14 heavy (non-hydrogen) atoms. The van der Waals surface area contributed by atoms with E-state index >= 15 is 0 Å². The third-order valence-electron chi connectivity index (χ3n) is 2.43. The van der Waals surface area contributed by atoms with Gasteiger partial charge in [-0.05, 0) is 16.0 Å². The fourth-order valence-corrected chi connectivity index (χ4v) is 3.60. The Morgan fingerprint density at radius 1 is 0.929 bits per heavy atom. The second-order valence-corrected chi connectivity index (χ2v) is 10.3. The highest BCUT2D eigenvalue weighted by molar-refractivity contribution is 7.26. The molecule has 0 aliphatic heterocycles. The molecule has 2 rings (SSSR count). The van der Waals surface area contributed by atoms with Crippen molar-refractivity contribution in [3.63, 3.8) is 0 Å². The van der Waals surface area contributed by atoms with Crippen molar-refractivity contribution in [1.29, 1.82) is 0 Å². The van der Waals surface area contributed by atoms with Gasteiger partial charge in [-0.2, -0.15) is 11.1 Å². The Balaban J connectivity index is 2.78. The molecule has 0 unspecified atom stereocenters. The van der Waals surface area contributed by atoms with Gasteiger partial charge in [0.15, 0.2) is 7.38 Å². The van der Waals surface area contributed by atoms with E-state index in [0.29, 0.717) is 0 Å². The van der Waals surface area contributed by atoms with Crippen LogP contribution in [0.25, 0.3) is 10.8 Å². The molecule has 0 radical (unpaired) electrons. The largest absolute Gasteiger partial charge is 0.181 e. The molecule has 0 saturated heterocycles. The first-order chi connectivity index (χ1) is 6.59. The first-order valence-electron chi connectivity index (χ1n) is 4.76. The van der Waals surface area contributed by atoms with Crippen LogP contribution in [0.2, 0.25) is 13.1 Å². The van der Waals surface area contributed by atoms with Crippen LogP contribution in [-0.4, -0.2) is 7.38 Å². The smallest absolute Gasteiger partial charge is 0.161 e. The summed E-state index contributed by atoms with van der Waals surface area (Å²) >= 11 is 6.48. The van der Waals surface area contributed by atoms with E-state index < -0.39 is 7.38 Å². The predicted octanol–water partition coefficient (Wildman–Crippen LogP) is 3.49. The van der Waals surface area contributed by atoms with Crippen molar-refractivity contribution in [2.45, 2.75) is 13.1 Å². The van der Waals surface area contributed by atoms with E-state index in [4.69, 9.17) is 11.1 Å². The number of benzene rings is 2. The second kappa shape index (κ2) is 3.41. The second-order valence-electron chi connectivity index (χ2n) is 4.00. The summed E-state index contributed by atoms with van der Waals surface area (Å²) in [5.74, 6) is 0. The highest BCUT2D eigenvalue weighted by Gasteiger charge is 2.21. The van der Waals surface area contributed by atoms with Crippen molar-refractivity contribution < 1.29 is 0 Å². The van der Waals surface area contributed by atoms with Crippen LogP contribution in [0.3, 0.4) is 0 Å². The maximum Gasteiger partial charge on any atom is 0.181 e. The van der Waals surface area contributed by atoms with E-state index in [9.17, 15) is 0 Å². The minimum atomic E-state index is -1.73. The van der Waals surface area contributed by atoms with E-state index in [-0.39, 0.29) is 0 Å². The summed E-state index contributed by atoms with van der Waals surface area (Å²) in [5, 5.41) is 3.92. The quantitative estimate of drug-likeness (QED) is 0.510. The average Bonchev–Trinajstić information content (AvgIpc) is 2.15. The molecule has 2 aromatic carbocycles. The number of rotatable bonds is 1. The van der Waals surface area contributed by atoms with Crippen LogP contribution >= 0.6 is 11.1 Å². The van der Waals surface area contributed by atoms with E-state index in [1.807, 2.05) is 0 Å². The standard InChI is InChI=1S/C12H13ClSi/c1-14(2,13)12-9-5-7-10-6-3-4-8-11(10)12/h3-9H,1-2H3. The van der Waals surface area contributed by atoms with Gasteiger partial charge in [-0.25, -0.2) is 0 Å². The van der Waals surface area contributed by atoms with E-state index in [1.165, 1.54) is 16.0 Å². The molecule has 2 aromatic rings. The van der Waals surface area contributed by atoms with Crippen LogP contribution in [-0.2, 0) is 0 Å². The molecule has 0 fully saturated rings. The Hall–Kier alpha value is -0.793. The van der Waals surface area contributed by atoms with Crippen molar-refractivity contribution in [2.75, 3.05) is 0 Å². The number of hydrogen-bond acceptors (Lipinski definition) is 0. The number of fused-ring (bicyclic) bond motifs is 1. The molecule has 72 valence electrons. The summed E-state index contributed by atoms with van der Waals surface area (Å²) in [6, 6.07) is 14.8. The molecule has 0 spiro atoms. The van der Waals surface area contributed by atoms with Crippen molar-refractivity contribution in [2.24, 2.45) is 0 Å². The molecule has 0 heterocycles. The van der Waals surface area contributed by atoms with Gasteiger partial charge in [-0.3, -0.25) is 0 Å². The van der Waals surface area contributed by atoms with Crippen LogP contribution < -0.4 is 5.19 Å². The maximum atomic E-state index is 6.48. The third-order valence-corrected chi connectivity index (χ3v) is 4.76. The molecule has 0 bridgehead atoms. The zero-order valence-corrected chi connectivity index (χ0v) is 10.2. The lowest BCUT2D eigenvalue weighted by Crippen LogP contribution is -2.35. The third kappa shape index (κ3) is 1.70. The first kappa shape index (κ1) is 9.75. The SMILES string of the molecule is C[Si](C)(Cl)c1cccc2ccccc12. The van der Waals surface area contributed by atoms with Gasteiger partial charge in [-0.1, -0.05) is 55.6 Å². The summed E-state index contributed by atoms with van der Waals surface area (Å²) in [7, 11) is -1.73. The van der Waals surface area contributed by atoms with Gasteiger partial charge in [0.2, 0.25) is 0 Å². The monoisotopic (exact) mass is 220 g/mol. The lowest BCUT2D eigenvalue weighted by molar-refractivity contribution is 1.76. The summed E-state index contributed by atoms with van der Waals surface area (Å²) in [6.07, 6.45) is 0. The van der Waals surface area contributed by atoms with Gasteiger partial charge >= 0.3 is 0 Å². The highest BCUT2D eigenvalue weighted by Crippen LogP contribution is 2.17. The van der Waals surface area contributed by atoms with E-state index in [2.05, 4.69) is 55.6 Å². The summed E-state index contributed by atoms with van der Waals surface area (Å²) in [5.41, 5.74) is 0. The molecule has 0 aliphatic rings. The van der Waals surface area contributed by atoms with E-state index in [1.54, 1.807) is 0 Å². The summed E-state index contributed by atoms with van der Waals surface area (Å²) < 4.78 is 0. The van der Waals surface area contributed by atoms with Gasteiger partial charge in [-0.15, -0.1) is 0 Å². The maximum absolute atomic E-state index is 6.48. The van der Waals surface area contributed by atoms with Crippen molar-refractivity contribution in [1.82, 2.24) is 0 Å². The Labute approximate surface area is 90.2 Å². The molecular formula is C12H13ClSi. The van der Waals surface area contributed by atoms with Crippen LogP contribution in [0.1, 0.15) is 0 Å². The Kier molecular flexibility index (Phi) is 2.37. The Bertz CT molecular complexity index is 452. The summed E-state index contributed by atoms with van der Waals surface area (Å²) in [6.45, 7) is 4.33. The van der Waals surface area contributed by atoms with Crippen molar-refractivity contribution >= 4 is 34.4 Å². The molecule has 0 N–H and O–H groups in total. The van der Waals surface area contributed by atoms with Crippen LogP contribution in [0.5, 0.6) is 0 Å². The fourth-order valence-electron chi connectivity index (χ4n) is 1.74. The van der Waals surface area contributed by atoms with Gasteiger partial charge < -0.3 is 0 Å². The predicted molar refractivity (Wildman–Crippen MR) is 66.9 cm³/mol. The number of halogens is 1. The van der Waals surface area contributed by atoms with Crippen LogP contribution in [0.4, 0.5) is 0 Å². The molecule has 0 nitrogen and oxygen atoms in total. The normalized spacial score (nSPS) is 11.9. The topological polar surface area (TPSA) is 0 Å². The molecular weight excluding hydrogens is 208 g/mol. The van der Waals surface area contributed by atoms with E-state index in [0.717, 1.165) is 0 Å². The molecule has 0 aliphatic carbocycles. The highest BCUT2D eigenvalue weighted by atomic mass is 35.6. The van der Waals surface area contributed by atoms with Gasteiger partial charge in [0, 0.05) is 0 Å². The summed E-state index contributed by atoms with van der Waals surface area (Å²) in [4.78, 5) is 0. The lowest BCUT2D eigenvalue weighted by Gasteiger charge is -2.16. The lowest BCUT2D eigenvalue weighted by atomic mass is 10.1. The first-order valence-corrected chi connectivity index (χ1v) is 8.77. The fraction of sp³-hybridized carbons (Fsp3) is 0.167. The molecule has 0 aromatic heterocycles.